The Labute approximate surface area is 155 Å². The zero-order chi connectivity index (χ0) is 18.5. The maximum Gasteiger partial charge on any atom is 0.123 e. The Hall–Kier alpha value is -1.74. The minimum absolute atomic E-state index is 0.0388. The van der Waals surface area contributed by atoms with Gasteiger partial charge < -0.3 is 0 Å². The molecular weight excluding hydrogens is 328 g/mol. The van der Waals surface area contributed by atoms with Gasteiger partial charge in [0.05, 0.1) is 6.04 Å². The molecule has 1 aliphatic heterocycles. The Bertz CT molecular complexity index is 735. The molecule has 0 unspecified atom stereocenters. The zero-order valence-corrected chi connectivity index (χ0v) is 15.8. The minimum atomic E-state index is -0.222. The third-order valence-electron chi connectivity index (χ3n) is 6.16. The van der Waals surface area contributed by atoms with Crippen LogP contribution in [0.5, 0.6) is 0 Å². The van der Waals surface area contributed by atoms with Crippen LogP contribution in [0.4, 0.5) is 8.78 Å². The molecule has 2 aliphatic rings. The van der Waals surface area contributed by atoms with E-state index >= 15 is 0 Å². The van der Waals surface area contributed by atoms with Crippen LogP contribution >= 0.6 is 0 Å². The van der Waals surface area contributed by atoms with Crippen molar-refractivity contribution in [1.29, 1.82) is 0 Å². The summed E-state index contributed by atoms with van der Waals surface area (Å²) < 4.78 is 27.0. The summed E-state index contributed by atoms with van der Waals surface area (Å²) in [5.41, 5.74) is 2.80. The summed E-state index contributed by atoms with van der Waals surface area (Å²) in [7, 11) is 0. The number of halogens is 2. The largest absolute Gasteiger partial charge is 0.289 e. The van der Waals surface area contributed by atoms with Gasteiger partial charge in [0.1, 0.15) is 11.6 Å². The first-order valence-electron chi connectivity index (χ1n) is 9.51. The maximum atomic E-state index is 13.5. The van der Waals surface area contributed by atoms with Gasteiger partial charge in [-0.05, 0) is 65.5 Å². The first-order chi connectivity index (χ1) is 12.2. The molecule has 2 aromatic carbocycles. The van der Waals surface area contributed by atoms with E-state index in [0.29, 0.717) is 16.9 Å². The van der Waals surface area contributed by atoms with Crippen molar-refractivity contribution in [1.82, 2.24) is 4.90 Å². The summed E-state index contributed by atoms with van der Waals surface area (Å²) in [6, 6.07) is 14.1. The van der Waals surface area contributed by atoms with Gasteiger partial charge in [0.15, 0.2) is 0 Å². The van der Waals surface area contributed by atoms with Gasteiger partial charge in [-0.3, -0.25) is 4.90 Å². The fourth-order valence-electron chi connectivity index (χ4n) is 5.67. The lowest BCUT2D eigenvalue weighted by atomic mass is 9.65. The van der Waals surface area contributed by atoms with Crippen LogP contribution in [0.15, 0.2) is 48.5 Å². The van der Waals surface area contributed by atoms with Gasteiger partial charge in [-0.25, -0.2) is 8.78 Å². The second-order valence-electron chi connectivity index (χ2n) is 9.39. The van der Waals surface area contributed by atoms with Crippen LogP contribution < -0.4 is 0 Å². The fourth-order valence-corrected chi connectivity index (χ4v) is 5.67. The summed E-state index contributed by atoms with van der Waals surface area (Å²) in [6.07, 6.45) is 3.60. The Morgan fingerprint density at radius 2 is 1.35 bits per heavy atom. The van der Waals surface area contributed by atoms with Gasteiger partial charge in [0.25, 0.3) is 0 Å². The van der Waals surface area contributed by atoms with Crippen molar-refractivity contribution in [2.24, 2.45) is 10.8 Å². The molecule has 138 valence electrons. The smallest absolute Gasteiger partial charge is 0.123 e. The maximum absolute atomic E-state index is 13.5. The van der Waals surface area contributed by atoms with Gasteiger partial charge in [-0.1, -0.05) is 45.0 Å². The molecular formula is C23H27F2N. The molecule has 1 saturated carbocycles. The lowest BCUT2D eigenvalue weighted by Crippen LogP contribution is -2.36. The van der Waals surface area contributed by atoms with Crippen LogP contribution in [0.3, 0.4) is 0 Å². The number of hydrogen-bond donors (Lipinski definition) is 0. The van der Waals surface area contributed by atoms with Crippen LogP contribution in [0.25, 0.3) is 0 Å². The zero-order valence-electron chi connectivity index (χ0n) is 15.8. The molecule has 2 fully saturated rings. The Morgan fingerprint density at radius 3 is 1.85 bits per heavy atom. The quantitative estimate of drug-likeness (QED) is 0.657. The van der Waals surface area contributed by atoms with E-state index in [1.807, 2.05) is 24.3 Å². The predicted molar refractivity (Wildman–Crippen MR) is 101 cm³/mol. The molecule has 2 aromatic rings. The first kappa shape index (κ1) is 17.7. The van der Waals surface area contributed by atoms with Gasteiger partial charge >= 0.3 is 0 Å². The minimum Gasteiger partial charge on any atom is -0.289 e. The summed E-state index contributed by atoms with van der Waals surface area (Å²) in [4.78, 5) is 2.58. The number of hydrogen-bond acceptors (Lipinski definition) is 1. The molecule has 3 heteroatoms. The Kier molecular flexibility index (Phi) is 4.18. The van der Waals surface area contributed by atoms with Gasteiger partial charge in [0, 0.05) is 12.6 Å². The van der Waals surface area contributed by atoms with Gasteiger partial charge in [-0.15, -0.1) is 0 Å². The molecule has 4 rings (SSSR count). The van der Waals surface area contributed by atoms with Crippen LogP contribution in [-0.4, -0.2) is 17.5 Å². The van der Waals surface area contributed by atoms with E-state index in [1.54, 1.807) is 0 Å². The average molecular weight is 355 g/mol. The SMILES string of the molecule is CC1(C)C[C@H]2C[C@@](C)(CN2C(c2ccc(F)cc2)c2ccc(F)cc2)C1. The first-order valence-corrected chi connectivity index (χ1v) is 9.51. The van der Waals surface area contributed by atoms with Gasteiger partial charge in [0.2, 0.25) is 0 Å². The third-order valence-corrected chi connectivity index (χ3v) is 6.16. The van der Waals surface area contributed by atoms with E-state index in [0.717, 1.165) is 17.7 Å². The molecule has 0 N–H and O–H groups in total. The Balaban J connectivity index is 1.76. The van der Waals surface area contributed by atoms with Crippen LogP contribution in [-0.2, 0) is 0 Å². The van der Waals surface area contributed by atoms with Crippen molar-refractivity contribution < 1.29 is 8.78 Å². The van der Waals surface area contributed by atoms with Crippen LogP contribution in [0.1, 0.15) is 57.2 Å². The fraction of sp³-hybridized carbons (Fsp3) is 0.478. The van der Waals surface area contributed by atoms with Crippen LogP contribution in [0.2, 0.25) is 0 Å². The second-order valence-corrected chi connectivity index (χ2v) is 9.39. The molecule has 0 amide bonds. The average Bonchev–Trinajstić information content (AvgIpc) is 2.80. The number of nitrogens with zero attached hydrogens (tertiary/aromatic N) is 1. The summed E-state index contributed by atoms with van der Waals surface area (Å²) in [5.74, 6) is -0.445. The topological polar surface area (TPSA) is 3.24 Å². The monoisotopic (exact) mass is 355 g/mol. The highest BCUT2D eigenvalue weighted by Crippen LogP contribution is 2.55. The molecule has 1 saturated heterocycles. The van der Waals surface area contributed by atoms with Crippen molar-refractivity contribution in [3.8, 4) is 0 Å². The second kappa shape index (κ2) is 6.16. The highest BCUT2D eigenvalue weighted by molar-refractivity contribution is 5.33. The number of fused-ring (bicyclic) bond motifs is 2. The molecule has 0 spiro atoms. The van der Waals surface area contributed by atoms with E-state index in [-0.39, 0.29) is 17.7 Å². The van der Waals surface area contributed by atoms with E-state index in [4.69, 9.17) is 0 Å². The van der Waals surface area contributed by atoms with E-state index < -0.39 is 0 Å². The summed E-state index contributed by atoms with van der Waals surface area (Å²) >= 11 is 0. The molecule has 0 radical (unpaired) electrons. The lowest BCUT2D eigenvalue weighted by molar-refractivity contribution is 0.122. The van der Waals surface area contributed by atoms with Crippen molar-refractivity contribution in [3.05, 3.63) is 71.3 Å². The number of rotatable bonds is 3. The third kappa shape index (κ3) is 3.29. The molecule has 1 nitrogen and oxygen atoms in total. The highest BCUT2D eigenvalue weighted by Gasteiger charge is 2.51. The number of benzene rings is 2. The molecule has 1 heterocycles. The van der Waals surface area contributed by atoms with E-state index in [9.17, 15) is 8.78 Å². The van der Waals surface area contributed by atoms with Gasteiger partial charge in [-0.2, -0.15) is 0 Å². The standard InChI is InChI=1S/C23H27F2N/c1-22(2)12-20-13-23(3,14-22)15-26(20)21(16-4-8-18(24)9-5-16)17-6-10-19(25)11-7-17/h4-11,20-21H,12-15H2,1-3H3/t20-,23+/m0/s1. The summed E-state index contributed by atoms with van der Waals surface area (Å²) in [5, 5.41) is 0. The normalized spacial score (nSPS) is 27.8. The lowest BCUT2D eigenvalue weighted by Gasteiger charge is -2.40. The predicted octanol–water partition coefficient (Wildman–Crippen LogP) is 5.95. The Morgan fingerprint density at radius 1 is 0.846 bits per heavy atom. The van der Waals surface area contributed by atoms with Crippen molar-refractivity contribution in [3.63, 3.8) is 0 Å². The highest BCUT2D eigenvalue weighted by atomic mass is 19.1. The van der Waals surface area contributed by atoms with Crippen molar-refractivity contribution in [2.75, 3.05) is 6.54 Å². The van der Waals surface area contributed by atoms with E-state index in [2.05, 4.69) is 25.7 Å². The number of likely N-dealkylation sites (tertiary alicyclic amines) is 1. The molecule has 0 aromatic heterocycles. The van der Waals surface area contributed by atoms with E-state index in [1.165, 1.54) is 43.5 Å². The van der Waals surface area contributed by atoms with Crippen molar-refractivity contribution >= 4 is 0 Å². The van der Waals surface area contributed by atoms with Crippen LogP contribution in [0, 0.1) is 22.5 Å². The summed E-state index contributed by atoms with van der Waals surface area (Å²) in [6.45, 7) is 8.16. The molecule has 1 aliphatic carbocycles. The molecule has 2 atom stereocenters. The molecule has 2 bridgehead atoms. The molecule has 26 heavy (non-hydrogen) atoms. The van der Waals surface area contributed by atoms with Crippen molar-refractivity contribution in [2.45, 2.75) is 52.1 Å².